The Kier molecular flexibility index (Phi) is 5.93. The highest BCUT2D eigenvalue weighted by Crippen LogP contribution is 2.32. The Morgan fingerprint density at radius 3 is 2.61 bits per heavy atom. The molecule has 3 heterocycles. The second-order valence-electron chi connectivity index (χ2n) is 8.32. The van der Waals surface area contributed by atoms with Gasteiger partial charge in [0.15, 0.2) is 11.5 Å². The number of amides is 1. The maximum Gasteiger partial charge on any atom is 0.266 e. The minimum absolute atomic E-state index is 0.00696. The van der Waals surface area contributed by atoms with Crippen molar-refractivity contribution in [3.8, 4) is 22.8 Å². The van der Waals surface area contributed by atoms with Crippen LogP contribution in [0.25, 0.3) is 17.3 Å². The van der Waals surface area contributed by atoms with E-state index in [1.54, 1.807) is 29.0 Å². The Bertz CT molecular complexity index is 1230. The Balaban J connectivity index is 1.17. The summed E-state index contributed by atoms with van der Waals surface area (Å²) in [6.07, 6.45) is 5.09. The zero-order chi connectivity index (χ0) is 22.6. The quantitative estimate of drug-likeness (QED) is 0.564. The zero-order valence-corrected chi connectivity index (χ0v) is 18.2. The summed E-state index contributed by atoms with van der Waals surface area (Å²) in [6, 6.07) is 18.8. The third-order valence-corrected chi connectivity index (χ3v) is 6.11. The van der Waals surface area contributed by atoms with Crippen LogP contribution in [0.4, 0.5) is 0 Å². The second-order valence-corrected chi connectivity index (χ2v) is 8.32. The molecule has 2 aromatic carbocycles. The molecule has 168 valence electrons. The number of hydrogen-bond donors (Lipinski definition) is 0. The number of carbonyl (C=O) groups is 1. The van der Waals surface area contributed by atoms with Gasteiger partial charge in [-0.25, -0.2) is 4.68 Å². The molecule has 5 rings (SSSR count). The number of benzene rings is 2. The molecule has 0 N–H and O–H groups in total. The van der Waals surface area contributed by atoms with Gasteiger partial charge in [0.25, 0.3) is 5.56 Å². The van der Waals surface area contributed by atoms with E-state index in [0.717, 1.165) is 35.4 Å². The first kappa shape index (κ1) is 21.0. The number of aromatic nitrogens is 2. The van der Waals surface area contributed by atoms with Crippen molar-refractivity contribution in [2.45, 2.75) is 19.4 Å². The Morgan fingerprint density at radius 2 is 1.79 bits per heavy atom. The second kappa shape index (κ2) is 9.32. The zero-order valence-electron chi connectivity index (χ0n) is 18.2. The van der Waals surface area contributed by atoms with E-state index >= 15 is 0 Å². The topological polar surface area (TPSA) is 73.7 Å². The average molecular weight is 444 g/mol. The molecule has 0 unspecified atom stereocenters. The minimum Gasteiger partial charge on any atom is -0.454 e. The lowest BCUT2D eigenvalue weighted by atomic mass is 9.96. The third-order valence-electron chi connectivity index (χ3n) is 6.11. The summed E-state index contributed by atoms with van der Waals surface area (Å²) in [5, 5.41) is 4.57. The van der Waals surface area contributed by atoms with Crippen molar-refractivity contribution in [1.29, 1.82) is 0 Å². The minimum atomic E-state index is -0.0974. The Labute approximate surface area is 191 Å². The van der Waals surface area contributed by atoms with Gasteiger partial charge in [0, 0.05) is 37.3 Å². The van der Waals surface area contributed by atoms with E-state index in [0.29, 0.717) is 31.3 Å². The van der Waals surface area contributed by atoms with Gasteiger partial charge in [-0.2, -0.15) is 5.10 Å². The van der Waals surface area contributed by atoms with Crippen LogP contribution in [0.1, 0.15) is 18.4 Å². The monoisotopic (exact) mass is 443 g/mol. The van der Waals surface area contributed by atoms with Crippen molar-refractivity contribution in [3.63, 3.8) is 0 Å². The van der Waals surface area contributed by atoms with Crippen LogP contribution in [0.15, 0.2) is 71.5 Å². The van der Waals surface area contributed by atoms with Crippen LogP contribution in [0.5, 0.6) is 11.5 Å². The van der Waals surface area contributed by atoms with Gasteiger partial charge < -0.3 is 14.4 Å². The molecule has 2 aliphatic rings. The number of rotatable bonds is 5. The molecule has 0 bridgehead atoms. The SMILES string of the molecule is O=C(C=Cc1ccc2c(c1)OCO2)N1CCC(Cn2nc(-c3ccccc3)ccc2=O)CC1. The van der Waals surface area contributed by atoms with Gasteiger partial charge in [0.05, 0.1) is 5.69 Å². The van der Waals surface area contributed by atoms with Crippen LogP contribution in [-0.4, -0.2) is 40.5 Å². The van der Waals surface area contributed by atoms with Crippen molar-refractivity contribution in [2.24, 2.45) is 5.92 Å². The van der Waals surface area contributed by atoms with Gasteiger partial charge in [-0.05, 0) is 48.6 Å². The smallest absolute Gasteiger partial charge is 0.266 e. The fourth-order valence-electron chi connectivity index (χ4n) is 4.21. The van der Waals surface area contributed by atoms with Gasteiger partial charge in [0.1, 0.15) is 0 Å². The Hall–Kier alpha value is -3.87. The lowest BCUT2D eigenvalue weighted by Crippen LogP contribution is -2.39. The summed E-state index contributed by atoms with van der Waals surface area (Å²) in [5.74, 6) is 1.73. The maximum atomic E-state index is 12.6. The number of nitrogens with zero attached hydrogens (tertiary/aromatic N) is 3. The largest absolute Gasteiger partial charge is 0.454 e. The molecule has 0 spiro atoms. The highest BCUT2D eigenvalue weighted by atomic mass is 16.7. The summed E-state index contributed by atoms with van der Waals surface area (Å²) >= 11 is 0. The molecule has 1 saturated heterocycles. The van der Waals surface area contributed by atoms with E-state index in [4.69, 9.17) is 9.47 Å². The van der Waals surface area contributed by atoms with Crippen LogP contribution >= 0.6 is 0 Å². The molecule has 2 aliphatic heterocycles. The molecule has 1 aromatic heterocycles. The third kappa shape index (κ3) is 4.82. The molecule has 0 saturated carbocycles. The molecule has 0 radical (unpaired) electrons. The fraction of sp³-hybridized carbons (Fsp3) is 0.269. The summed E-state index contributed by atoms with van der Waals surface area (Å²) in [7, 11) is 0. The van der Waals surface area contributed by atoms with Gasteiger partial charge in [-0.15, -0.1) is 0 Å². The summed E-state index contributed by atoms with van der Waals surface area (Å²) < 4.78 is 12.3. The van der Waals surface area contributed by atoms with Crippen LogP contribution < -0.4 is 15.0 Å². The van der Waals surface area contributed by atoms with E-state index < -0.39 is 0 Å². The number of fused-ring (bicyclic) bond motifs is 1. The summed E-state index contributed by atoms with van der Waals surface area (Å²) in [4.78, 5) is 26.8. The lowest BCUT2D eigenvalue weighted by molar-refractivity contribution is -0.127. The molecule has 0 atom stereocenters. The van der Waals surface area contributed by atoms with Crippen LogP contribution in [0.3, 0.4) is 0 Å². The van der Waals surface area contributed by atoms with Gasteiger partial charge in [-0.3, -0.25) is 9.59 Å². The average Bonchev–Trinajstić information content (AvgIpc) is 3.33. The molecule has 1 fully saturated rings. The molecule has 3 aromatic rings. The van der Waals surface area contributed by atoms with E-state index in [1.165, 1.54) is 0 Å². The number of hydrogen-bond acceptors (Lipinski definition) is 5. The van der Waals surface area contributed by atoms with E-state index in [-0.39, 0.29) is 18.3 Å². The first-order valence-corrected chi connectivity index (χ1v) is 11.2. The molecule has 7 heteroatoms. The van der Waals surface area contributed by atoms with Gasteiger partial charge >= 0.3 is 0 Å². The fourth-order valence-corrected chi connectivity index (χ4v) is 4.21. The normalized spacial score (nSPS) is 15.8. The van der Waals surface area contributed by atoms with Crippen molar-refractivity contribution in [3.05, 3.63) is 82.7 Å². The van der Waals surface area contributed by atoms with E-state index in [1.807, 2.05) is 53.4 Å². The lowest BCUT2D eigenvalue weighted by Gasteiger charge is -2.31. The van der Waals surface area contributed by atoms with E-state index in [2.05, 4.69) is 5.10 Å². The van der Waals surface area contributed by atoms with Crippen molar-refractivity contribution in [2.75, 3.05) is 19.9 Å². The molecule has 1 amide bonds. The highest BCUT2D eigenvalue weighted by molar-refractivity contribution is 5.92. The summed E-state index contributed by atoms with van der Waals surface area (Å²) in [6.45, 7) is 2.13. The Morgan fingerprint density at radius 1 is 1.00 bits per heavy atom. The number of piperidine rings is 1. The molecular weight excluding hydrogens is 418 g/mol. The number of likely N-dealkylation sites (tertiary alicyclic amines) is 1. The first-order chi connectivity index (χ1) is 16.2. The molecule has 0 aliphatic carbocycles. The van der Waals surface area contributed by atoms with Crippen LogP contribution in [0.2, 0.25) is 0 Å². The predicted molar refractivity (Wildman–Crippen MR) is 125 cm³/mol. The first-order valence-electron chi connectivity index (χ1n) is 11.2. The summed E-state index contributed by atoms with van der Waals surface area (Å²) in [5.41, 5.74) is 2.57. The maximum absolute atomic E-state index is 12.6. The van der Waals surface area contributed by atoms with Crippen molar-refractivity contribution >= 4 is 12.0 Å². The predicted octanol–water partition coefficient (Wildman–Crippen LogP) is 3.59. The van der Waals surface area contributed by atoms with E-state index in [9.17, 15) is 9.59 Å². The molecule has 7 nitrogen and oxygen atoms in total. The van der Waals surface area contributed by atoms with Crippen LogP contribution in [0, 0.1) is 5.92 Å². The van der Waals surface area contributed by atoms with Crippen LogP contribution in [-0.2, 0) is 11.3 Å². The standard InChI is InChI=1S/C26H25N3O4/c30-25(10-7-19-6-9-23-24(16-19)33-18-32-23)28-14-12-20(13-15-28)17-29-26(31)11-8-22(27-29)21-4-2-1-3-5-21/h1-11,16,20H,12-15,17-18H2. The van der Waals surface area contributed by atoms with Crippen molar-refractivity contribution in [1.82, 2.24) is 14.7 Å². The van der Waals surface area contributed by atoms with Gasteiger partial charge in [-0.1, -0.05) is 36.4 Å². The molecular formula is C26H25N3O4. The number of ether oxygens (including phenoxy) is 2. The van der Waals surface area contributed by atoms with Gasteiger partial charge in [0.2, 0.25) is 12.7 Å². The van der Waals surface area contributed by atoms with Crippen molar-refractivity contribution < 1.29 is 14.3 Å². The molecule has 33 heavy (non-hydrogen) atoms. The highest BCUT2D eigenvalue weighted by Gasteiger charge is 2.22. The number of carbonyl (C=O) groups excluding carboxylic acids is 1.